The number of anilines is 2. The lowest BCUT2D eigenvalue weighted by atomic mass is 10.0. The van der Waals surface area contributed by atoms with Crippen molar-refractivity contribution in [2.24, 2.45) is 0 Å². The SMILES string of the molecule is Cc1cc2cc(Nc3ccccc3)ccc2c(O)c1O. The van der Waals surface area contributed by atoms with Crippen LogP contribution in [0.2, 0.25) is 0 Å². The molecule has 0 radical (unpaired) electrons. The number of phenolic OH excluding ortho intramolecular Hbond substituents is 2. The third-order valence-corrected chi connectivity index (χ3v) is 3.34. The van der Waals surface area contributed by atoms with E-state index in [-0.39, 0.29) is 11.5 Å². The van der Waals surface area contributed by atoms with E-state index in [4.69, 9.17) is 0 Å². The average molecular weight is 265 g/mol. The molecule has 3 heteroatoms. The maximum atomic E-state index is 9.95. The Labute approximate surface area is 117 Å². The first-order valence-electron chi connectivity index (χ1n) is 6.42. The number of phenols is 2. The number of hydrogen-bond acceptors (Lipinski definition) is 3. The molecule has 0 atom stereocenters. The zero-order valence-corrected chi connectivity index (χ0v) is 11.1. The van der Waals surface area contributed by atoms with E-state index in [2.05, 4.69) is 5.32 Å². The van der Waals surface area contributed by atoms with Gasteiger partial charge >= 0.3 is 0 Å². The predicted molar refractivity (Wildman–Crippen MR) is 81.7 cm³/mol. The number of nitrogens with one attached hydrogen (secondary N) is 1. The van der Waals surface area contributed by atoms with E-state index in [0.29, 0.717) is 10.9 Å². The highest BCUT2D eigenvalue weighted by Gasteiger charge is 2.09. The van der Waals surface area contributed by atoms with Crippen LogP contribution in [0.4, 0.5) is 11.4 Å². The quantitative estimate of drug-likeness (QED) is 0.605. The second-order valence-electron chi connectivity index (χ2n) is 4.82. The minimum absolute atomic E-state index is 0.0544. The summed E-state index contributed by atoms with van der Waals surface area (Å²) in [7, 11) is 0. The first-order chi connectivity index (χ1) is 9.65. The van der Waals surface area contributed by atoms with Gasteiger partial charge in [-0.2, -0.15) is 0 Å². The number of rotatable bonds is 2. The molecule has 0 bridgehead atoms. The molecular weight excluding hydrogens is 250 g/mol. The van der Waals surface area contributed by atoms with Crippen molar-refractivity contribution in [1.29, 1.82) is 0 Å². The molecule has 0 fully saturated rings. The van der Waals surface area contributed by atoms with Gasteiger partial charge in [-0.15, -0.1) is 0 Å². The van der Waals surface area contributed by atoms with E-state index in [0.717, 1.165) is 16.8 Å². The summed E-state index contributed by atoms with van der Waals surface area (Å²) in [6.07, 6.45) is 0. The van der Waals surface area contributed by atoms with Crippen LogP contribution >= 0.6 is 0 Å². The molecule has 0 heterocycles. The number of hydrogen-bond donors (Lipinski definition) is 3. The molecule has 0 aliphatic carbocycles. The Balaban J connectivity index is 2.05. The molecule has 0 saturated carbocycles. The molecule has 0 aromatic heterocycles. The monoisotopic (exact) mass is 265 g/mol. The summed E-state index contributed by atoms with van der Waals surface area (Å²) in [5.41, 5.74) is 2.60. The first-order valence-corrected chi connectivity index (χ1v) is 6.42. The molecular formula is C17H15NO2. The number of aromatic hydroxyl groups is 2. The highest BCUT2D eigenvalue weighted by molar-refractivity contribution is 5.94. The van der Waals surface area contributed by atoms with Crippen molar-refractivity contribution in [3.63, 3.8) is 0 Å². The molecule has 3 aromatic carbocycles. The Morgan fingerprint density at radius 3 is 2.30 bits per heavy atom. The standard InChI is InChI=1S/C17H15NO2/c1-11-9-12-10-14(18-13-5-3-2-4-6-13)7-8-15(12)17(20)16(11)19/h2-10,18-20H,1H3. The van der Waals surface area contributed by atoms with Gasteiger partial charge in [0.25, 0.3) is 0 Å². The summed E-state index contributed by atoms with van der Waals surface area (Å²) in [5.74, 6) is -0.118. The molecule has 0 amide bonds. The van der Waals surface area contributed by atoms with Crippen LogP contribution in [0.1, 0.15) is 5.56 Å². The molecule has 0 spiro atoms. The van der Waals surface area contributed by atoms with Crippen molar-refractivity contribution in [2.75, 3.05) is 5.32 Å². The average Bonchev–Trinajstić information content (AvgIpc) is 2.46. The van der Waals surface area contributed by atoms with E-state index in [1.807, 2.05) is 48.5 Å². The van der Waals surface area contributed by atoms with Crippen LogP contribution in [0.3, 0.4) is 0 Å². The Morgan fingerprint density at radius 2 is 1.55 bits per heavy atom. The summed E-state index contributed by atoms with van der Waals surface area (Å²) in [5, 5.41) is 24.5. The molecule has 20 heavy (non-hydrogen) atoms. The number of benzene rings is 3. The highest BCUT2D eigenvalue weighted by atomic mass is 16.3. The second-order valence-corrected chi connectivity index (χ2v) is 4.82. The van der Waals surface area contributed by atoms with Gasteiger partial charge in [0.2, 0.25) is 0 Å². The van der Waals surface area contributed by atoms with E-state index in [9.17, 15) is 10.2 Å². The molecule has 0 aliphatic heterocycles. The van der Waals surface area contributed by atoms with Crippen molar-refractivity contribution >= 4 is 22.1 Å². The van der Waals surface area contributed by atoms with Gasteiger partial charge in [0, 0.05) is 16.8 Å². The van der Waals surface area contributed by atoms with Gasteiger partial charge in [-0.1, -0.05) is 18.2 Å². The van der Waals surface area contributed by atoms with Crippen LogP contribution in [0.25, 0.3) is 10.8 Å². The number of fused-ring (bicyclic) bond motifs is 1. The van der Waals surface area contributed by atoms with Crippen molar-refractivity contribution in [2.45, 2.75) is 6.92 Å². The normalized spacial score (nSPS) is 10.7. The molecule has 3 N–H and O–H groups in total. The topological polar surface area (TPSA) is 52.5 Å². The van der Waals surface area contributed by atoms with Crippen molar-refractivity contribution in [3.05, 3.63) is 60.2 Å². The molecule has 0 saturated heterocycles. The fourth-order valence-corrected chi connectivity index (χ4v) is 2.28. The Kier molecular flexibility index (Phi) is 2.95. The third kappa shape index (κ3) is 2.14. The van der Waals surface area contributed by atoms with E-state index in [1.165, 1.54) is 0 Å². The van der Waals surface area contributed by atoms with Crippen LogP contribution in [-0.2, 0) is 0 Å². The van der Waals surface area contributed by atoms with Crippen LogP contribution < -0.4 is 5.32 Å². The molecule has 100 valence electrons. The van der Waals surface area contributed by atoms with Gasteiger partial charge in [-0.05, 0) is 54.3 Å². The fraction of sp³-hybridized carbons (Fsp3) is 0.0588. The second kappa shape index (κ2) is 4.78. The lowest BCUT2D eigenvalue weighted by Crippen LogP contribution is -1.90. The van der Waals surface area contributed by atoms with Crippen molar-refractivity contribution < 1.29 is 10.2 Å². The minimum atomic E-state index is -0.0636. The van der Waals surface area contributed by atoms with Gasteiger partial charge < -0.3 is 15.5 Å². The van der Waals surface area contributed by atoms with E-state index < -0.39 is 0 Å². The van der Waals surface area contributed by atoms with Gasteiger partial charge in [0.1, 0.15) is 0 Å². The Bertz CT molecular complexity index is 767. The lowest BCUT2D eigenvalue weighted by molar-refractivity contribution is 0.405. The molecule has 3 aromatic rings. The van der Waals surface area contributed by atoms with E-state index in [1.54, 1.807) is 13.0 Å². The van der Waals surface area contributed by atoms with Gasteiger partial charge in [-0.25, -0.2) is 0 Å². The lowest BCUT2D eigenvalue weighted by Gasteiger charge is -2.10. The van der Waals surface area contributed by atoms with Crippen molar-refractivity contribution in [3.8, 4) is 11.5 Å². The van der Waals surface area contributed by atoms with Crippen LogP contribution in [0, 0.1) is 6.92 Å². The van der Waals surface area contributed by atoms with Gasteiger partial charge in [0.05, 0.1) is 0 Å². The largest absolute Gasteiger partial charge is 0.504 e. The number of aryl methyl sites for hydroxylation is 1. The third-order valence-electron chi connectivity index (χ3n) is 3.34. The first kappa shape index (κ1) is 12.4. The van der Waals surface area contributed by atoms with E-state index >= 15 is 0 Å². The van der Waals surface area contributed by atoms with Crippen molar-refractivity contribution in [1.82, 2.24) is 0 Å². The molecule has 0 aliphatic rings. The maximum Gasteiger partial charge on any atom is 0.165 e. The smallest absolute Gasteiger partial charge is 0.165 e. The summed E-state index contributed by atoms with van der Waals surface area (Å²) in [6.45, 7) is 1.77. The maximum absolute atomic E-state index is 9.95. The summed E-state index contributed by atoms with van der Waals surface area (Å²) >= 11 is 0. The molecule has 3 nitrogen and oxygen atoms in total. The fourth-order valence-electron chi connectivity index (χ4n) is 2.28. The summed E-state index contributed by atoms with van der Waals surface area (Å²) in [4.78, 5) is 0. The molecule has 0 unspecified atom stereocenters. The predicted octanol–water partition coefficient (Wildman–Crippen LogP) is 4.30. The van der Waals surface area contributed by atoms with Crippen LogP contribution in [-0.4, -0.2) is 10.2 Å². The highest BCUT2D eigenvalue weighted by Crippen LogP contribution is 2.37. The molecule has 3 rings (SSSR count). The summed E-state index contributed by atoms with van der Waals surface area (Å²) in [6, 6.07) is 17.4. The Hall–Kier alpha value is -2.68. The van der Waals surface area contributed by atoms with Crippen LogP contribution in [0.15, 0.2) is 54.6 Å². The zero-order valence-electron chi connectivity index (χ0n) is 11.1. The van der Waals surface area contributed by atoms with Gasteiger partial charge in [0.15, 0.2) is 11.5 Å². The summed E-state index contributed by atoms with van der Waals surface area (Å²) < 4.78 is 0. The minimum Gasteiger partial charge on any atom is -0.504 e. The number of para-hydroxylation sites is 1. The van der Waals surface area contributed by atoms with Gasteiger partial charge in [-0.3, -0.25) is 0 Å². The Morgan fingerprint density at radius 1 is 0.800 bits per heavy atom. The van der Waals surface area contributed by atoms with Crippen LogP contribution in [0.5, 0.6) is 11.5 Å². The zero-order chi connectivity index (χ0) is 14.1.